The van der Waals surface area contributed by atoms with Crippen LogP contribution in [-0.2, 0) is 10.0 Å². The predicted molar refractivity (Wildman–Crippen MR) is 67.4 cm³/mol. The highest BCUT2D eigenvalue weighted by Crippen LogP contribution is 2.19. The first kappa shape index (κ1) is 14.0. The molecule has 0 fully saturated rings. The van der Waals surface area contributed by atoms with E-state index in [1.165, 1.54) is 28.6 Å². The van der Waals surface area contributed by atoms with Crippen molar-refractivity contribution in [3.05, 3.63) is 24.3 Å². The second-order valence-electron chi connectivity index (χ2n) is 4.03. The molecule has 1 rings (SSSR count). The number of sulfonamides is 1. The van der Waals surface area contributed by atoms with Gasteiger partial charge in [-0.3, -0.25) is 0 Å². The molecule has 0 atom stereocenters. The molecule has 0 saturated heterocycles. The molecule has 1 aromatic rings. The summed E-state index contributed by atoms with van der Waals surface area (Å²) < 4.78 is 25.5. The molecule has 0 aromatic heterocycles. The number of phenolic OH excluding ortho intramolecular Hbond substituents is 1. The molecule has 0 heterocycles. The van der Waals surface area contributed by atoms with Crippen molar-refractivity contribution in [1.29, 1.82) is 0 Å². The molecule has 0 bridgehead atoms. The Bertz CT molecular complexity index is 457. The lowest BCUT2D eigenvalue weighted by Gasteiger charge is -2.17. The van der Waals surface area contributed by atoms with Gasteiger partial charge in [-0.05, 0) is 24.6 Å². The number of phenols is 1. The van der Waals surface area contributed by atoms with Crippen LogP contribution in [-0.4, -0.2) is 31.4 Å². The van der Waals surface area contributed by atoms with Crippen LogP contribution >= 0.6 is 0 Å². The van der Waals surface area contributed by atoms with Crippen molar-refractivity contribution in [3.8, 4) is 5.75 Å². The lowest BCUT2D eigenvalue weighted by atomic mass is 10.2. The zero-order valence-electron chi connectivity index (χ0n) is 10.3. The zero-order chi connectivity index (χ0) is 12.9. The topological polar surface area (TPSA) is 57.6 Å². The summed E-state index contributed by atoms with van der Waals surface area (Å²) >= 11 is 0. The first-order chi connectivity index (χ1) is 7.98. The number of hydrogen-bond donors (Lipinski definition) is 1. The third kappa shape index (κ3) is 3.71. The Morgan fingerprint density at radius 3 is 2.59 bits per heavy atom. The molecule has 1 aromatic carbocycles. The van der Waals surface area contributed by atoms with Crippen LogP contribution in [0.1, 0.15) is 26.2 Å². The maximum atomic E-state index is 12.1. The van der Waals surface area contributed by atoms with E-state index < -0.39 is 10.0 Å². The number of unbranched alkanes of at least 4 members (excludes halogenated alkanes) is 2. The van der Waals surface area contributed by atoms with Crippen molar-refractivity contribution in [2.24, 2.45) is 0 Å². The molecule has 4 nitrogen and oxygen atoms in total. The van der Waals surface area contributed by atoms with Crippen molar-refractivity contribution < 1.29 is 13.5 Å². The third-order valence-corrected chi connectivity index (χ3v) is 4.46. The summed E-state index contributed by atoms with van der Waals surface area (Å²) in [6.07, 6.45) is 2.92. The number of benzene rings is 1. The molecule has 0 radical (unpaired) electrons. The maximum Gasteiger partial charge on any atom is 0.242 e. The van der Waals surface area contributed by atoms with Gasteiger partial charge in [-0.15, -0.1) is 0 Å². The summed E-state index contributed by atoms with van der Waals surface area (Å²) in [5.74, 6) is -0.0342. The van der Waals surface area contributed by atoms with Gasteiger partial charge in [0.1, 0.15) is 5.75 Å². The molecule has 0 aliphatic carbocycles. The summed E-state index contributed by atoms with van der Waals surface area (Å²) in [5.41, 5.74) is 0. The van der Waals surface area contributed by atoms with Crippen molar-refractivity contribution in [2.75, 3.05) is 13.6 Å². The summed E-state index contributed by atoms with van der Waals surface area (Å²) in [5, 5.41) is 9.29. The quantitative estimate of drug-likeness (QED) is 0.795. The predicted octanol–water partition coefficient (Wildman–Crippen LogP) is 2.20. The molecule has 0 aliphatic heterocycles. The van der Waals surface area contributed by atoms with E-state index in [0.29, 0.717) is 6.54 Å². The van der Waals surface area contributed by atoms with Crippen molar-refractivity contribution in [1.82, 2.24) is 4.31 Å². The highest BCUT2D eigenvalue weighted by Gasteiger charge is 2.20. The lowest BCUT2D eigenvalue weighted by molar-refractivity contribution is 0.451. The van der Waals surface area contributed by atoms with Gasteiger partial charge in [0, 0.05) is 13.6 Å². The minimum atomic E-state index is -3.47. The molecule has 96 valence electrons. The highest BCUT2D eigenvalue weighted by atomic mass is 32.2. The van der Waals surface area contributed by atoms with E-state index in [1.54, 1.807) is 7.05 Å². The first-order valence-corrected chi connectivity index (χ1v) is 7.18. The van der Waals surface area contributed by atoms with Gasteiger partial charge in [0.05, 0.1) is 4.90 Å². The van der Waals surface area contributed by atoms with E-state index in [4.69, 9.17) is 0 Å². The van der Waals surface area contributed by atoms with Crippen LogP contribution in [0.15, 0.2) is 29.2 Å². The first-order valence-electron chi connectivity index (χ1n) is 5.74. The fourth-order valence-electron chi connectivity index (χ4n) is 1.53. The van der Waals surface area contributed by atoms with Crippen molar-refractivity contribution >= 4 is 10.0 Å². The van der Waals surface area contributed by atoms with Crippen molar-refractivity contribution in [2.45, 2.75) is 31.1 Å². The van der Waals surface area contributed by atoms with Crippen LogP contribution in [0.4, 0.5) is 0 Å². The Morgan fingerprint density at radius 2 is 2.00 bits per heavy atom. The van der Waals surface area contributed by atoms with Crippen LogP contribution in [0.25, 0.3) is 0 Å². The third-order valence-electron chi connectivity index (χ3n) is 2.60. The molecule has 0 aliphatic rings. The molecule has 0 amide bonds. The normalized spacial score (nSPS) is 11.9. The van der Waals surface area contributed by atoms with Gasteiger partial charge in [-0.25, -0.2) is 12.7 Å². The van der Waals surface area contributed by atoms with Crippen LogP contribution in [0.3, 0.4) is 0 Å². The summed E-state index contributed by atoms with van der Waals surface area (Å²) in [6.45, 7) is 2.58. The average molecular weight is 257 g/mol. The number of rotatable bonds is 6. The van der Waals surface area contributed by atoms with Gasteiger partial charge >= 0.3 is 0 Å². The number of hydrogen-bond acceptors (Lipinski definition) is 3. The zero-order valence-corrected chi connectivity index (χ0v) is 11.1. The summed E-state index contributed by atoms with van der Waals surface area (Å²) in [4.78, 5) is 0.136. The van der Waals surface area contributed by atoms with E-state index in [0.717, 1.165) is 19.3 Å². The molecule has 0 unspecified atom stereocenters. The van der Waals surface area contributed by atoms with E-state index in [2.05, 4.69) is 6.92 Å². The standard InChI is InChI=1S/C12H19NO3S/c1-3-4-5-9-13(2)17(15,16)12-8-6-7-11(14)10-12/h6-8,10,14H,3-5,9H2,1-2H3. The Kier molecular flexibility index (Phi) is 4.96. The SMILES string of the molecule is CCCCCN(C)S(=O)(=O)c1cccc(O)c1. The molecule has 17 heavy (non-hydrogen) atoms. The molecular weight excluding hydrogens is 238 g/mol. The van der Waals surface area contributed by atoms with Crippen LogP contribution in [0.2, 0.25) is 0 Å². The van der Waals surface area contributed by atoms with Gasteiger partial charge in [0.15, 0.2) is 0 Å². The number of aromatic hydroxyl groups is 1. The van der Waals surface area contributed by atoms with Gasteiger partial charge in [-0.2, -0.15) is 0 Å². The Labute approximate surface area is 103 Å². The Hall–Kier alpha value is -1.07. The van der Waals surface area contributed by atoms with Gasteiger partial charge in [0.25, 0.3) is 0 Å². The molecule has 1 N–H and O–H groups in total. The van der Waals surface area contributed by atoms with Gasteiger partial charge in [-0.1, -0.05) is 25.8 Å². The fourth-order valence-corrected chi connectivity index (χ4v) is 2.78. The fraction of sp³-hybridized carbons (Fsp3) is 0.500. The van der Waals surface area contributed by atoms with Gasteiger partial charge < -0.3 is 5.11 Å². The summed E-state index contributed by atoms with van der Waals surface area (Å²) in [6, 6.07) is 5.75. The van der Waals surface area contributed by atoms with Gasteiger partial charge in [0.2, 0.25) is 10.0 Å². The summed E-state index contributed by atoms with van der Waals surface area (Å²) in [7, 11) is -1.90. The van der Waals surface area contributed by atoms with Crippen LogP contribution < -0.4 is 0 Å². The second-order valence-corrected chi connectivity index (χ2v) is 6.08. The Balaban J connectivity index is 2.80. The minimum absolute atomic E-state index is 0.0342. The second kappa shape index (κ2) is 6.02. The molecular formula is C12H19NO3S. The van der Waals surface area contributed by atoms with Crippen LogP contribution in [0, 0.1) is 0 Å². The number of nitrogens with zero attached hydrogens (tertiary/aromatic N) is 1. The molecule has 0 saturated carbocycles. The Morgan fingerprint density at radius 1 is 1.29 bits per heavy atom. The monoisotopic (exact) mass is 257 g/mol. The highest BCUT2D eigenvalue weighted by molar-refractivity contribution is 7.89. The van der Waals surface area contributed by atoms with Crippen LogP contribution in [0.5, 0.6) is 5.75 Å². The van der Waals surface area contributed by atoms with E-state index in [9.17, 15) is 13.5 Å². The average Bonchev–Trinajstić information content (AvgIpc) is 2.29. The van der Waals surface area contributed by atoms with Crippen molar-refractivity contribution in [3.63, 3.8) is 0 Å². The maximum absolute atomic E-state index is 12.1. The largest absolute Gasteiger partial charge is 0.508 e. The minimum Gasteiger partial charge on any atom is -0.508 e. The van der Waals surface area contributed by atoms with E-state index in [1.807, 2.05) is 0 Å². The molecule has 0 spiro atoms. The van der Waals surface area contributed by atoms with E-state index >= 15 is 0 Å². The van der Waals surface area contributed by atoms with E-state index in [-0.39, 0.29) is 10.6 Å². The smallest absolute Gasteiger partial charge is 0.242 e. The lowest BCUT2D eigenvalue weighted by Crippen LogP contribution is -2.27. The molecule has 5 heteroatoms.